The summed E-state index contributed by atoms with van der Waals surface area (Å²) in [6.45, 7) is 2.14. The predicted molar refractivity (Wildman–Crippen MR) is 114 cm³/mol. The van der Waals surface area contributed by atoms with Crippen LogP contribution in [0.4, 0.5) is 5.13 Å². The summed E-state index contributed by atoms with van der Waals surface area (Å²) in [6.07, 6.45) is 6.53. The maximum Gasteiger partial charge on any atom is 0.278 e. The van der Waals surface area contributed by atoms with Crippen LogP contribution < -0.4 is 20.7 Å². The lowest BCUT2D eigenvalue weighted by Crippen LogP contribution is -2.71. The zero-order valence-electron chi connectivity index (χ0n) is 17.2. The molecule has 0 bridgehead atoms. The third kappa shape index (κ3) is 4.49. The Morgan fingerprint density at radius 1 is 1.42 bits per heavy atom. The number of fused-ring (bicyclic) bond motifs is 1. The summed E-state index contributed by atoms with van der Waals surface area (Å²) in [4.78, 5) is 51.6. The molecule has 0 radical (unpaired) electrons. The van der Waals surface area contributed by atoms with Crippen LogP contribution in [0.15, 0.2) is 41.2 Å². The number of thioether (sulfide) groups is 1. The summed E-state index contributed by atoms with van der Waals surface area (Å²) in [5.74, 6) is -2.46. The zero-order chi connectivity index (χ0) is 23.5. The van der Waals surface area contributed by atoms with Gasteiger partial charge in [0.1, 0.15) is 18.0 Å². The number of anilines is 1. The molecule has 2 atom stereocenters. The van der Waals surface area contributed by atoms with Gasteiger partial charge in [0.05, 0.1) is 24.1 Å². The van der Waals surface area contributed by atoms with E-state index in [4.69, 9.17) is 10.6 Å². The molecule has 33 heavy (non-hydrogen) atoms. The first kappa shape index (κ1) is 22.6. The molecule has 4 rings (SSSR count). The number of aliphatic carboxylic acids is 1. The standard InChI is InChI=1S/C18H18N8O5S2/c1-2-31-23-10(13-22-18(19)33-24-13)14(27)21-11-15(28)26-12(17(29)30)9(8-32-16(11)26)7-25-5-3-20-4-6-25/h3-6,11,16H,2,7-8H2,1H3,(H3-,19,21,22,24,27,29,30)/t11?,16-/m1/s1. The first-order valence-corrected chi connectivity index (χ1v) is 11.5. The van der Waals surface area contributed by atoms with E-state index < -0.39 is 29.2 Å². The van der Waals surface area contributed by atoms with E-state index in [-0.39, 0.29) is 35.5 Å². The molecule has 4 heterocycles. The molecule has 2 aliphatic rings. The van der Waals surface area contributed by atoms with Crippen molar-refractivity contribution in [2.75, 3.05) is 18.1 Å². The average Bonchev–Trinajstić information content (AvgIpc) is 3.23. The summed E-state index contributed by atoms with van der Waals surface area (Å²) in [5, 5.41) is 17.7. The molecule has 2 aromatic heterocycles. The third-order valence-corrected chi connectivity index (χ3v) is 6.62. The molecule has 2 aliphatic heterocycles. The highest BCUT2D eigenvalue weighted by Gasteiger charge is 2.53. The Balaban J connectivity index is 1.53. The maximum absolute atomic E-state index is 12.9. The Labute approximate surface area is 195 Å². The number of nitrogens with one attached hydrogen (secondary N) is 1. The van der Waals surface area contributed by atoms with Crippen LogP contribution in [0.1, 0.15) is 12.7 Å². The van der Waals surface area contributed by atoms with Crippen molar-refractivity contribution in [2.45, 2.75) is 24.9 Å². The average molecular weight is 491 g/mol. The second kappa shape index (κ2) is 9.50. The van der Waals surface area contributed by atoms with Gasteiger partial charge in [0.2, 0.25) is 11.5 Å². The van der Waals surface area contributed by atoms with Crippen LogP contribution in [-0.4, -0.2) is 66.5 Å². The summed E-state index contributed by atoms with van der Waals surface area (Å²) in [6, 6.07) is -0.963. The van der Waals surface area contributed by atoms with Gasteiger partial charge in [-0.2, -0.15) is 13.9 Å². The Bertz CT molecular complexity index is 1150. The van der Waals surface area contributed by atoms with Crippen molar-refractivity contribution in [2.24, 2.45) is 5.16 Å². The Morgan fingerprint density at radius 3 is 2.82 bits per heavy atom. The fraction of sp³-hybridized carbons (Fsp3) is 0.333. The molecule has 3 N–H and O–H groups in total. The van der Waals surface area contributed by atoms with E-state index in [0.717, 1.165) is 16.4 Å². The summed E-state index contributed by atoms with van der Waals surface area (Å²) in [7, 11) is 0. The molecule has 0 saturated carbocycles. The number of nitrogens with two attached hydrogens (primary N) is 1. The topological polar surface area (TPSA) is 180 Å². The summed E-state index contributed by atoms with van der Waals surface area (Å²) in [5.41, 5.74) is 5.69. The van der Waals surface area contributed by atoms with Gasteiger partial charge in [0.15, 0.2) is 24.1 Å². The van der Waals surface area contributed by atoms with Crippen molar-refractivity contribution < 1.29 is 28.9 Å². The number of carbonyl (C=O) groups is 3. The number of β-lactam (4-membered cyclic amide) rings is 1. The van der Waals surface area contributed by atoms with Gasteiger partial charge in [0.25, 0.3) is 11.8 Å². The van der Waals surface area contributed by atoms with Crippen LogP contribution in [0.2, 0.25) is 0 Å². The van der Waals surface area contributed by atoms with Crippen LogP contribution in [0.25, 0.3) is 0 Å². The van der Waals surface area contributed by atoms with E-state index in [1.54, 1.807) is 36.3 Å². The number of nitrogens with zero attached hydrogens (tertiary/aromatic N) is 6. The molecule has 0 spiro atoms. The highest BCUT2D eigenvalue weighted by Crippen LogP contribution is 2.40. The molecule has 0 aromatic carbocycles. The number of hydrogen-bond donors (Lipinski definition) is 2. The largest absolute Gasteiger partial charge is 0.543 e. The van der Waals surface area contributed by atoms with Crippen LogP contribution in [0.5, 0.6) is 0 Å². The SMILES string of the molecule is CCON=C(C(=O)NC1C(=O)N2C(C(=O)[O-])=C(C[n+]3ccncc3)CS[C@H]12)c1nsc(N)n1. The molecule has 0 aliphatic carbocycles. The Morgan fingerprint density at radius 2 is 2.18 bits per heavy atom. The molecule has 172 valence electrons. The van der Waals surface area contributed by atoms with Gasteiger partial charge in [0, 0.05) is 22.9 Å². The molecule has 1 unspecified atom stereocenters. The van der Waals surface area contributed by atoms with Crippen molar-refractivity contribution in [1.82, 2.24) is 24.6 Å². The van der Waals surface area contributed by atoms with E-state index in [1.165, 1.54) is 11.8 Å². The van der Waals surface area contributed by atoms with Crippen LogP contribution >= 0.6 is 23.3 Å². The first-order chi connectivity index (χ1) is 15.9. The van der Waals surface area contributed by atoms with Crippen molar-refractivity contribution in [1.29, 1.82) is 0 Å². The van der Waals surface area contributed by atoms with E-state index in [2.05, 4.69) is 24.8 Å². The smallest absolute Gasteiger partial charge is 0.278 e. The number of aromatic nitrogens is 4. The molecular formula is C18H18N8O5S2. The lowest BCUT2D eigenvalue weighted by molar-refractivity contribution is -0.689. The number of carbonyl (C=O) groups excluding carboxylic acids is 3. The molecular weight excluding hydrogens is 472 g/mol. The molecule has 2 amide bonds. The van der Waals surface area contributed by atoms with E-state index in [0.29, 0.717) is 11.3 Å². The fourth-order valence-corrected chi connectivity index (χ4v) is 5.09. The van der Waals surface area contributed by atoms with Crippen molar-refractivity contribution in [3.05, 3.63) is 41.9 Å². The molecule has 13 nitrogen and oxygen atoms in total. The van der Waals surface area contributed by atoms with Crippen LogP contribution in [0.3, 0.4) is 0 Å². The number of nitrogen functional groups attached to an aromatic ring is 1. The monoisotopic (exact) mass is 490 g/mol. The van der Waals surface area contributed by atoms with Gasteiger partial charge >= 0.3 is 0 Å². The minimum absolute atomic E-state index is 0.0321. The number of carboxylic acids is 1. The maximum atomic E-state index is 12.9. The lowest BCUT2D eigenvalue weighted by atomic mass is 10.0. The Kier molecular flexibility index (Phi) is 6.50. The van der Waals surface area contributed by atoms with Gasteiger partial charge < -0.3 is 25.8 Å². The lowest BCUT2D eigenvalue weighted by Gasteiger charge is -2.50. The predicted octanol–water partition coefficient (Wildman–Crippen LogP) is -2.35. The molecule has 2 aromatic rings. The highest BCUT2D eigenvalue weighted by molar-refractivity contribution is 8.00. The van der Waals surface area contributed by atoms with Gasteiger partial charge in [-0.25, -0.2) is 0 Å². The number of oxime groups is 1. The Hall–Kier alpha value is -3.59. The second-order valence-corrected chi connectivity index (χ2v) is 8.72. The second-order valence-electron chi connectivity index (χ2n) is 6.83. The fourth-order valence-electron chi connectivity index (χ4n) is 3.32. The minimum Gasteiger partial charge on any atom is -0.543 e. The van der Waals surface area contributed by atoms with Crippen molar-refractivity contribution >= 4 is 51.9 Å². The van der Waals surface area contributed by atoms with E-state index in [1.807, 2.05) is 0 Å². The molecule has 1 fully saturated rings. The van der Waals surface area contributed by atoms with Gasteiger partial charge in [-0.15, -0.1) is 11.8 Å². The number of carboxylic acid groups (broad SMARTS) is 1. The van der Waals surface area contributed by atoms with Crippen molar-refractivity contribution in [3.63, 3.8) is 0 Å². The number of amides is 2. The third-order valence-electron chi connectivity index (χ3n) is 4.74. The molecule has 1 saturated heterocycles. The quantitative estimate of drug-likeness (QED) is 0.176. The highest BCUT2D eigenvalue weighted by atomic mass is 32.2. The summed E-state index contributed by atoms with van der Waals surface area (Å²) < 4.78 is 5.71. The van der Waals surface area contributed by atoms with Crippen LogP contribution in [-0.2, 0) is 25.8 Å². The summed E-state index contributed by atoms with van der Waals surface area (Å²) >= 11 is 2.22. The van der Waals surface area contributed by atoms with Gasteiger partial charge in [-0.3, -0.25) is 19.5 Å². The van der Waals surface area contributed by atoms with E-state index in [9.17, 15) is 19.5 Å². The number of hydrogen-bond acceptors (Lipinski definition) is 12. The van der Waals surface area contributed by atoms with Gasteiger partial charge in [-0.05, 0) is 6.92 Å². The van der Waals surface area contributed by atoms with Crippen molar-refractivity contribution in [3.8, 4) is 0 Å². The van der Waals surface area contributed by atoms with Crippen LogP contribution in [0, 0.1) is 0 Å². The zero-order valence-corrected chi connectivity index (χ0v) is 18.8. The molecule has 15 heteroatoms. The number of rotatable bonds is 8. The van der Waals surface area contributed by atoms with Gasteiger partial charge in [-0.1, -0.05) is 5.16 Å². The normalized spacial score (nSPS) is 20.2. The first-order valence-electron chi connectivity index (χ1n) is 9.68. The van der Waals surface area contributed by atoms with E-state index >= 15 is 0 Å². The minimum atomic E-state index is -1.45.